The molecule has 0 fully saturated rings. The molecule has 9 heteroatoms. The number of nitrogens with two attached hydrogens (primary N) is 2. The number of rotatable bonds is 6. The Labute approximate surface area is 96.6 Å². The van der Waals surface area contributed by atoms with Crippen molar-refractivity contribution in [3.05, 3.63) is 0 Å². The third kappa shape index (κ3) is 9.23. The number of carboxylic acid groups (broad SMARTS) is 3. The molecule has 0 rings (SSSR count). The summed E-state index contributed by atoms with van der Waals surface area (Å²) in [6, 6.07) is 0. The predicted molar refractivity (Wildman–Crippen MR) is 55.2 cm³/mol. The van der Waals surface area contributed by atoms with Gasteiger partial charge in [0, 0.05) is 13.1 Å². The largest absolute Gasteiger partial charge is 0.481 e. The molecule has 0 atom stereocenters. The van der Waals surface area contributed by atoms with Gasteiger partial charge in [-0.1, -0.05) is 0 Å². The van der Waals surface area contributed by atoms with E-state index in [2.05, 4.69) is 0 Å². The zero-order valence-corrected chi connectivity index (χ0v) is 9.00. The number of carboxylic acids is 3. The Morgan fingerprint density at radius 2 is 1.18 bits per heavy atom. The summed E-state index contributed by atoms with van der Waals surface area (Å²) in [4.78, 5) is 30.5. The molecule has 0 amide bonds. The van der Waals surface area contributed by atoms with Crippen LogP contribution in [0, 0.1) is 0 Å². The van der Waals surface area contributed by atoms with Crippen molar-refractivity contribution in [1.29, 1.82) is 0 Å². The second-order valence-corrected chi connectivity index (χ2v) is 3.06. The van der Waals surface area contributed by atoms with Gasteiger partial charge in [-0.3, -0.25) is 9.59 Å². The van der Waals surface area contributed by atoms with Crippen LogP contribution in [0.3, 0.4) is 0 Å². The minimum absolute atomic E-state index is 0.597. The second-order valence-electron chi connectivity index (χ2n) is 3.06. The van der Waals surface area contributed by atoms with Crippen LogP contribution in [0.15, 0.2) is 0 Å². The van der Waals surface area contributed by atoms with Gasteiger partial charge in [0.1, 0.15) is 0 Å². The molecule has 9 nitrogen and oxygen atoms in total. The molecule has 0 aliphatic rings. The fourth-order valence-electron chi connectivity index (χ4n) is 0.714. The Morgan fingerprint density at radius 1 is 0.882 bits per heavy atom. The molecule has 0 spiro atoms. The maximum absolute atomic E-state index is 10.3. The first-order valence-electron chi connectivity index (χ1n) is 4.49. The van der Waals surface area contributed by atoms with E-state index in [0.717, 1.165) is 0 Å². The summed E-state index contributed by atoms with van der Waals surface area (Å²) in [6.45, 7) is 1.19. The lowest BCUT2D eigenvalue weighted by molar-refractivity contribution is -0.170. The predicted octanol–water partition coefficient (Wildman–Crippen LogP) is -2.34. The Hall–Kier alpha value is -1.71. The highest BCUT2D eigenvalue weighted by Crippen LogP contribution is 2.15. The highest BCUT2D eigenvalue weighted by atomic mass is 16.4. The van der Waals surface area contributed by atoms with Crippen LogP contribution in [-0.2, 0) is 14.4 Å². The average molecular weight is 252 g/mol. The van der Waals surface area contributed by atoms with Gasteiger partial charge in [-0.15, -0.1) is 0 Å². The SMILES string of the molecule is NCCN.O=C(O)CC(O)(CC(=O)O)C(=O)O. The van der Waals surface area contributed by atoms with Crippen LogP contribution in [-0.4, -0.2) is 57.0 Å². The Bertz CT molecular complexity index is 261. The number of hydrogen-bond donors (Lipinski definition) is 6. The monoisotopic (exact) mass is 252 g/mol. The molecule has 0 saturated carbocycles. The normalized spacial score (nSPS) is 10.1. The van der Waals surface area contributed by atoms with E-state index in [0.29, 0.717) is 13.1 Å². The lowest BCUT2D eigenvalue weighted by atomic mass is 9.96. The topological polar surface area (TPSA) is 184 Å². The first kappa shape index (κ1) is 17.7. The molecule has 0 aromatic heterocycles. The highest BCUT2D eigenvalue weighted by molar-refractivity contribution is 5.88. The maximum Gasteiger partial charge on any atom is 0.336 e. The van der Waals surface area contributed by atoms with Gasteiger partial charge in [0.2, 0.25) is 0 Å². The molecular weight excluding hydrogens is 236 g/mol. The summed E-state index contributed by atoms with van der Waals surface area (Å²) < 4.78 is 0. The summed E-state index contributed by atoms with van der Waals surface area (Å²) in [5, 5.41) is 33.8. The highest BCUT2D eigenvalue weighted by Gasteiger charge is 2.40. The third-order valence-corrected chi connectivity index (χ3v) is 1.45. The zero-order valence-electron chi connectivity index (χ0n) is 9.00. The fourth-order valence-corrected chi connectivity index (χ4v) is 0.714. The molecule has 100 valence electrons. The molecule has 0 aliphatic heterocycles. The Morgan fingerprint density at radius 3 is 1.29 bits per heavy atom. The second kappa shape index (κ2) is 8.44. The van der Waals surface area contributed by atoms with Crippen molar-refractivity contribution in [3.63, 3.8) is 0 Å². The smallest absolute Gasteiger partial charge is 0.336 e. The summed E-state index contributed by atoms with van der Waals surface area (Å²) in [7, 11) is 0. The van der Waals surface area contributed by atoms with Crippen LogP contribution in [0.4, 0.5) is 0 Å². The van der Waals surface area contributed by atoms with E-state index in [1.54, 1.807) is 0 Å². The molecule has 0 radical (unpaired) electrons. The minimum Gasteiger partial charge on any atom is -0.481 e. The summed E-state index contributed by atoms with van der Waals surface area (Å²) in [5.41, 5.74) is 7.07. The molecule has 0 bridgehead atoms. The number of aliphatic carboxylic acids is 3. The van der Waals surface area contributed by atoms with Gasteiger partial charge in [-0.05, 0) is 0 Å². The fraction of sp³-hybridized carbons (Fsp3) is 0.625. The number of aliphatic hydroxyl groups is 1. The molecule has 0 heterocycles. The molecule has 8 N–H and O–H groups in total. The van der Waals surface area contributed by atoms with Crippen molar-refractivity contribution in [3.8, 4) is 0 Å². The third-order valence-electron chi connectivity index (χ3n) is 1.45. The molecule has 0 aromatic carbocycles. The van der Waals surface area contributed by atoms with Gasteiger partial charge in [-0.2, -0.15) is 0 Å². The van der Waals surface area contributed by atoms with Gasteiger partial charge in [0.15, 0.2) is 5.60 Å². The van der Waals surface area contributed by atoms with Crippen LogP contribution in [0.25, 0.3) is 0 Å². The van der Waals surface area contributed by atoms with E-state index in [4.69, 9.17) is 31.9 Å². The summed E-state index contributed by atoms with van der Waals surface area (Å²) in [5.74, 6) is -5.02. The van der Waals surface area contributed by atoms with E-state index < -0.39 is 36.4 Å². The Balaban J connectivity index is 0. The van der Waals surface area contributed by atoms with E-state index in [9.17, 15) is 14.4 Å². The van der Waals surface area contributed by atoms with Crippen molar-refractivity contribution in [2.45, 2.75) is 18.4 Å². The van der Waals surface area contributed by atoms with Gasteiger partial charge in [-0.25, -0.2) is 4.79 Å². The van der Waals surface area contributed by atoms with Gasteiger partial charge in [0.25, 0.3) is 0 Å². The summed E-state index contributed by atoms with van der Waals surface area (Å²) >= 11 is 0. The average Bonchev–Trinajstić information content (AvgIpc) is 2.15. The standard InChI is InChI=1S/C6H8O7.C2H8N2/c7-3(8)1-6(13,5(11)12)2-4(9)10;3-1-2-4/h13H,1-2H2,(H,7,8)(H,9,10)(H,11,12);1-4H2. The van der Waals surface area contributed by atoms with Gasteiger partial charge in [0.05, 0.1) is 12.8 Å². The van der Waals surface area contributed by atoms with Crippen LogP contribution >= 0.6 is 0 Å². The van der Waals surface area contributed by atoms with E-state index >= 15 is 0 Å². The molecule has 17 heavy (non-hydrogen) atoms. The molecule has 0 aromatic rings. The van der Waals surface area contributed by atoms with Crippen LogP contribution < -0.4 is 11.5 Å². The van der Waals surface area contributed by atoms with Crippen LogP contribution in [0.5, 0.6) is 0 Å². The first-order valence-corrected chi connectivity index (χ1v) is 4.49. The molecule has 0 aliphatic carbocycles. The molecule has 0 saturated heterocycles. The lowest BCUT2D eigenvalue weighted by Gasteiger charge is -2.18. The number of carbonyl (C=O) groups is 3. The van der Waals surface area contributed by atoms with E-state index in [1.165, 1.54) is 0 Å². The van der Waals surface area contributed by atoms with E-state index in [-0.39, 0.29) is 0 Å². The van der Waals surface area contributed by atoms with Crippen molar-refractivity contribution in [2.75, 3.05) is 13.1 Å². The van der Waals surface area contributed by atoms with Crippen LogP contribution in [0.2, 0.25) is 0 Å². The van der Waals surface area contributed by atoms with Gasteiger partial charge >= 0.3 is 17.9 Å². The van der Waals surface area contributed by atoms with Crippen molar-refractivity contribution in [2.24, 2.45) is 11.5 Å². The van der Waals surface area contributed by atoms with E-state index in [1.807, 2.05) is 0 Å². The number of hydrogen-bond acceptors (Lipinski definition) is 6. The van der Waals surface area contributed by atoms with Crippen molar-refractivity contribution in [1.82, 2.24) is 0 Å². The van der Waals surface area contributed by atoms with Crippen molar-refractivity contribution >= 4 is 17.9 Å². The molecular formula is C8H16N2O7. The van der Waals surface area contributed by atoms with Crippen molar-refractivity contribution < 1.29 is 34.8 Å². The first-order chi connectivity index (χ1) is 7.69. The summed E-state index contributed by atoms with van der Waals surface area (Å²) in [6.07, 6.45) is -2.29. The Kier molecular flexibility index (Phi) is 8.78. The maximum atomic E-state index is 10.3. The van der Waals surface area contributed by atoms with Crippen LogP contribution in [0.1, 0.15) is 12.8 Å². The lowest BCUT2D eigenvalue weighted by Crippen LogP contribution is -2.42. The molecule has 0 unspecified atom stereocenters. The minimum atomic E-state index is -2.74. The quantitative estimate of drug-likeness (QED) is 0.301. The zero-order chi connectivity index (χ0) is 14.1. The van der Waals surface area contributed by atoms with Gasteiger partial charge < -0.3 is 31.9 Å².